The molecule has 0 aliphatic heterocycles. The van der Waals surface area contributed by atoms with Gasteiger partial charge in [0.05, 0.1) is 12.6 Å². The van der Waals surface area contributed by atoms with E-state index in [2.05, 4.69) is 30.2 Å². The van der Waals surface area contributed by atoms with Crippen molar-refractivity contribution in [3.63, 3.8) is 0 Å². The first-order valence-electron chi connectivity index (χ1n) is 4.34. The van der Waals surface area contributed by atoms with E-state index in [1.54, 1.807) is 6.20 Å². The summed E-state index contributed by atoms with van der Waals surface area (Å²) in [6, 6.07) is 2.53. The Labute approximate surface area is 78.2 Å². The summed E-state index contributed by atoms with van der Waals surface area (Å²) in [7, 11) is 0. The lowest BCUT2D eigenvalue weighted by Gasteiger charge is -2.08. The van der Waals surface area contributed by atoms with E-state index in [4.69, 9.17) is 5.26 Å². The van der Waals surface area contributed by atoms with Gasteiger partial charge in [-0.3, -0.25) is 0 Å². The summed E-state index contributed by atoms with van der Waals surface area (Å²) in [6.07, 6.45) is 3.54. The van der Waals surface area contributed by atoms with Crippen LogP contribution >= 0.6 is 0 Å². The summed E-state index contributed by atoms with van der Waals surface area (Å²) in [6.45, 7) is 5.25. The average Bonchev–Trinajstić information content (AvgIpc) is 2.49. The number of nitrogens with one attached hydrogen (secondary N) is 1. The number of nitrogens with zero attached hydrogens (tertiary/aromatic N) is 3. The molecule has 4 nitrogen and oxygen atoms in total. The van der Waals surface area contributed by atoms with Crippen LogP contribution in [0.2, 0.25) is 0 Å². The van der Waals surface area contributed by atoms with Gasteiger partial charge in [0.1, 0.15) is 12.4 Å². The Morgan fingerprint density at radius 2 is 2.46 bits per heavy atom. The Bertz CT molecular complexity index is 295. The van der Waals surface area contributed by atoms with Gasteiger partial charge in [-0.2, -0.15) is 5.26 Å². The van der Waals surface area contributed by atoms with Crippen LogP contribution in [0.5, 0.6) is 0 Å². The fraction of sp³-hybridized carbons (Fsp3) is 0.556. The number of aromatic nitrogens is 2. The zero-order valence-corrected chi connectivity index (χ0v) is 7.99. The van der Waals surface area contributed by atoms with E-state index >= 15 is 0 Å². The maximum Gasteiger partial charge on any atom is 0.123 e. The van der Waals surface area contributed by atoms with E-state index in [0.29, 0.717) is 19.1 Å². The maximum atomic E-state index is 8.52. The van der Waals surface area contributed by atoms with Crippen LogP contribution in [0.4, 0.5) is 0 Å². The van der Waals surface area contributed by atoms with E-state index in [0.717, 1.165) is 5.82 Å². The van der Waals surface area contributed by atoms with Crippen LogP contribution in [0.25, 0.3) is 0 Å². The molecule has 0 radical (unpaired) electrons. The van der Waals surface area contributed by atoms with E-state index in [-0.39, 0.29) is 0 Å². The van der Waals surface area contributed by atoms with E-state index in [9.17, 15) is 0 Å². The quantitative estimate of drug-likeness (QED) is 0.745. The van der Waals surface area contributed by atoms with E-state index in [1.165, 1.54) is 0 Å². The van der Waals surface area contributed by atoms with Gasteiger partial charge in [0.2, 0.25) is 0 Å². The van der Waals surface area contributed by atoms with E-state index < -0.39 is 0 Å². The third kappa shape index (κ3) is 2.88. The van der Waals surface area contributed by atoms with Gasteiger partial charge < -0.3 is 9.88 Å². The Morgan fingerprint density at radius 3 is 3.08 bits per heavy atom. The first-order valence-corrected chi connectivity index (χ1v) is 4.34. The van der Waals surface area contributed by atoms with Crippen molar-refractivity contribution in [3.8, 4) is 6.07 Å². The summed E-state index contributed by atoms with van der Waals surface area (Å²) in [5, 5.41) is 11.8. The highest BCUT2D eigenvalue weighted by molar-refractivity contribution is 4.94. The number of nitriles is 1. The van der Waals surface area contributed by atoms with Crippen LogP contribution in [0.1, 0.15) is 19.7 Å². The van der Waals surface area contributed by atoms with Crippen LogP contribution in [-0.2, 0) is 13.1 Å². The predicted molar refractivity (Wildman–Crippen MR) is 49.8 cm³/mol. The third-order valence-corrected chi connectivity index (χ3v) is 1.71. The number of rotatable bonds is 4. The summed E-state index contributed by atoms with van der Waals surface area (Å²) >= 11 is 0. The molecule has 4 heteroatoms. The Kier molecular flexibility index (Phi) is 3.47. The van der Waals surface area contributed by atoms with Gasteiger partial charge >= 0.3 is 0 Å². The zero-order valence-electron chi connectivity index (χ0n) is 7.99. The molecule has 0 atom stereocenters. The van der Waals surface area contributed by atoms with Crippen LogP contribution in [0, 0.1) is 11.3 Å². The Hall–Kier alpha value is -1.34. The second kappa shape index (κ2) is 4.63. The molecule has 1 aromatic rings. The van der Waals surface area contributed by atoms with Gasteiger partial charge in [0.25, 0.3) is 0 Å². The second-order valence-corrected chi connectivity index (χ2v) is 3.17. The molecular formula is C9H14N4. The van der Waals surface area contributed by atoms with E-state index in [1.807, 2.05) is 10.8 Å². The summed E-state index contributed by atoms with van der Waals surface area (Å²) in [5.41, 5.74) is 0. The van der Waals surface area contributed by atoms with Gasteiger partial charge in [0, 0.05) is 18.4 Å². The molecule has 0 bridgehead atoms. The third-order valence-electron chi connectivity index (χ3n) is 1.71. The molecule has 1 rings (SSSR count). The summed E-state index contributed by atoms with van der Waals surface area (Å²) in [4.78, 5) is 4.16. The minimum absolute atomic E-state index is 0.370. The fourth-order valence-electron chi connectivity index (χ4n) is 1.02. The normalized spacial score (nSPS) is 10.3. The Morgan fingerprint density at radius 1 is 1.69 bits per heavy atom. The van der Waals surface area contributed by atoms with Crippen molar-refractivity contribution in [3.05, 3.63) is 18.2 Å². The van der Waals surface area contributed by atoms with Crippen LogP contribution in [-0.4, -0.2) is 15.6 Å². The van der Waals surface area contributed by atoms with Crippen molar-refractivity contribution in [2.75, 3.05) is 0 Å². The lowest BCUT2D eigenvalue weighted by molar-refractivity contribution is 0.557. The summed E-state index contributed by atoms with van der Waals surface area (Å²) < 4.78 is 1.84. The topological polar surface area (TPSA) is 53.6 Å². The van der Waals surface area contributed by atoms with Crippen molar-refractivity contribution >= 4 is 0 Å². The Balaban J connectivity index is 2.56. The number of imidazole rings is 1. The van der Waals surface area contributed by atoms with Gasteiger partial charge in [-0.1, -0.05) is 13.8 Å². The summed E-state index contributed by atoms with van der Waals surface area (Å²) in [5.74, 6) is 0.912. The van der Waals surface area contributed by atoms with Crippen molar-refractivity contribution < 1.29 is 0 Å². The second-order valence-electron chi connectivity index (χ2n) is 3.17. The fourth-order valence-corrected chi connectivity index (χ4v) is 1.02. The predicted octanol–water partition coefficient (Wildman–Crippen LogP) is 0.905. The first kappa shape index (κ1) is 9.75. The van der Waals surface area contributed by atoms with Crippen molar-refractivity contribution in [1.82, 2.24) is 14.9 Å². The van der Waals surface area contributed by atoms with Crippen LogP contribution in [0.3, 0.4) is 0 Å². The smallest absolute Gasteiger partial charge is 0.123 e. The molecule has 0 unspecified atom stereocenters. The lowest BCUT2D eigenvalue weighted by atomic mass is 10.4. The SMILES string of the molecule is CC(C)NCc1nccn1CC#N. The molecular weight excluding hydrogens is 164 g/mol. The minimum Gasteiger partial charge on any atom is -0.320 e. The first-order chi connectivity index (χ1) is 6.24. The van der Waals surface area contributed by atoms with Crippen molar-refractivity contribution in [1.29, 1.82) is 5.26 Å². The van der Waals surface area contributed by atoms with Gasteiger partial charge in [-0.15, -0.1) is 0 Å². The molecule has 70 valence electrons. The molecule has 0 spiro atoms. The molecule has 0 aromatic carbocycles. The number of hydrogen-bond donors (Lipinski definition) is 1. The monoisotopic (exact) mass is 178 g/mol. The molecule has 0 saturated carbocycles. The molecule has 13 heavy (non-hydrogen) atoms. The molecule has 0 aliphatic carbocycles. The molecule has 0 fully saturated rings. The highest BCUT2D eigenvalue weighted by Gasteiger charge is 2.01. The van der Waals surface area contributed by atoms with Gasteiger partial charge in [-0.25, -0.2) is 4.98 Å². The highest BCUT2D eigenvalue weighted by atomic mass is 15.1. The zero-order chi connectivity index (χ0) is 9.68. The van der Waals surface area contributed by atoms with Crippen molar-refractivity contribution in [2.24, 2.45) is 0 Å². The molecule has 1 N–H and O–H groups in total. The average molecular weight is 178 g/mol. The molecule has 0 aliphatic rings. The van der Waals surface area contributed by atoms with Gasteiger partial charge in [-0.05, 0) is 0 Å². The van der Waals surface area contributed by atoms with Crippen LogP contribution in [0.15, 0.2) is 12.4 Å². The maximum absolute atomic E-state index is 8.52. The van der Waals surface area contributed by atoms with Crippen molar-refractivity contribution in [2.45, 2.75) is 33.0 Å². The standard InChI is InChI=1S/C9H14N4/c1-8(2)12-7-9-11-4-6-13(9)5-3-10/h4,6,8,12H,5,7H2,1-2H3. The molecule has 1 heterocycles. The van der Waals surface area contributed by atoms with Gasteiger partial charge in [0.15, 0.2) is 0 Å². The molecule has 1 aromatic heterocycles. The molecule has 0 saturated heterocycles. The highest BCUT2D eigenvalue weighted by Crippen LogP contribution is 1.97. The number of hydrogen-bond acceptors (Lipinski definition) is 3. The largest absolute Gasteiger partial charge is 0.320 e. The minimum atomic E-state index is 0.370. The van der Waals surface area contributed by atoms with Crippen LogP contribution < -0.4 is 5.32 Å². The molecule has 0 amide bonds. The lowest BCUT2D eigenvalue weighted by Crippen LogP contribution is -2.23.